The van der Waals surface area contributed by atoms with Crippen LogP contribution in [-0.2, 0) is 0 Å². The molecule has 20 heavy (non-hydrogen) atoms. The summed E-state index contributed by atoms with van der Waals surface area (Å²) >= 11 is 0. The maximum atomic E-state index is 6.22. The molecule has 2 fully saturated rings. The van der Waals surface area contributed by atoms with Crippen LogP contribution >= 0.6 is 0 Å². The SMILES string of the molecule is CN1C2CCC1CC1(CN=C(N)N1c1ccccc1)C2. The van der Waals surface area contributed by atoms with Gasteiger partial charge >= 0.3 is 0 Å². The number of aliphatic imine (C=N–C) groups is 1. The zero-order chi connectivity index (χ0) is 13.7. The fraction of sp³-hybridized carbons (Fsp3) is 0.562. The highest BCUT2D eigenvalue weighted by atomic mass is 15.4. The molecule has 3 heterocycles. The van der Waals surface area contributed by atoms with Crippen LogP contribution in [0.15, 0.2) is 35.3 Å². The van der Waals surface area contributed by atoms with E-state index < -0.39 is 0 Å². The largest absolute Gasteiger partial charge is 0.369 e. The third-order valence-corrected chi connectivity index (χ3v) is 5.47. The minimum Gasteiger partial charge on any atom is -0.369 e. The van der Waals surface area contributed by atoms with E-state index in [1.54, 1.807) is 0 Å². The van der Waals surface area contributed by atoms with Gasteiger partial charge in [0.1, 0.15) is 0 Å². The molecule has 2 bridgehead atoms. The average molecular weight is 270 g/mol. The van der Waals surface area contributed by atoms with Crippen LogP contribution in [0.2, 0.25) is 0 Å². The highest BCUT2D eigenvalue weighted by Gasteiger charge is 2.52. The van der Waals surface area contributed by atoms with Gasteiger partial charge in [0.15, 0.2) is 5.96 Å². The Bertz CT molecular complexity index is 525. The van der Waals surface area contributed by atoms with Crippen molar-refractivity contribution in [2.75, 3.05) is 18.5 Å². The van der Waals surface area contributed by atoms with E-state index in [1.807, 2.05) is 0 Å². The first-order valence-corrected chi connectivity index (χ1v) is 7.57. The van der Waals surface area contributed by atoms with E-state index in [9.17, 15) is 0 Å². The van der Waals surface area contributed by atoms with Gasteiger partial charge in [0, 0.05) is 17.8 Å². The quantitative estimate of drug-likeness (QED) is 0.846. The molecule has 2 N–H and O–H groups in total. The van der Waals surface area contributed by atoms with E-state index >= 15 is 0 Å². The summed E-state index contributed by atoms with van der Waals surface area (Å²) in [5.74, 6) is 0.695. The number of nitrogens with two attached hydrogens (primary N) is 1. The number of hydrogen-bond donors (Lipinski definition) is 1. The Hall–Kier alpha value is -1.55. The van der Waals surface area contributed by atoms with Crippen LogP contribution in [0.25, 0.3) is 0 Å². The second-order valence-corrected chi connectivity index (χ2v) is 6.53. The summed E-state index contributed by atoms with van der Waals surface area (Å²) in [4.78, 5) is 9.48. The molecule has 0 amide bonds. The molecule has 3 aliphatic rings. The van der Waals surface area contributed by atoms with Crippen molar-refractivity contribution in [2.45, 2.75) is 43.3 Å². The molecule has 106 valence electrons. The Morgan fingerprint density at radius 1 is 1.15 bits per heavy atom. The maximum Gasteiger partial charge on any atom is 0.196 e. The lowest BCUT2D eigenvalue weighted by atomic mass is 9.82. The predicted molar refractivity (Wildman–Crippen MR) is 81.9 cm³/mol. The molecule has 3 aliphatic heterocycles. The van der Waals surface area contributed by atoms with Crippen LogP contribution in [0.4, 0.5) is 5.69 Å². The van der Waals surface area contributed by atoms with E-state index in [0.717, 1.165) is 6.54 Å². The maximum absolute atomic E-state index is 6.22. The van der Waals surface area contributed by atoms with E-state index in [4.69, 9.17) is 5.73 Å². The van der Waals surface area contributed by atoms with Crippen LogP contribution in [0, 0.1) is 0 Å². The van der Waals surface area contributed by atoms with E-state index in [1.165, 1.54) is 31.4 Å². The molecule has 2 saturated heterocycles. The first kappa shape index (κ1) is 12.2. The van der Waals surface area contributed by atoms with Gasteiger partial charge in [0.2, 0.25) is 0 Å². The van der Waals surface area contributed by atoms with Gasteiger partial charge < -0.3 is 15.5 Å². The number of piperidine rings is 1. The van der Waals surface area contributed by atoms with Crippen LogP contribution in [0.3, 0.4) is 0 Å². The number of anilines is 1. The van der Waals surface area contributed by atoms with Gasteiger partial charge in [-0.1, -0.05) is 18.2 Å². The molecule has 4 rings (SSSR count). The van der Waals surface area contributed by atoms with Crippen molar-refractivity contribution in [3.63, 3.8) is 0 Å². The molecule has 0 aromatic heterocycles. The normalized spacial score (nSPS) is 36.6. The van der Waals surface area contributed by atoms with E-state index in [0.29, 0.717) is 18.0 Å². The second-order valence-electron chi connectivity index (χ2n) is 6.53. The van der Waals surface area contributed by atoms with Crippen molar-refractivity contribution in [1.82, 2.24) is 4.90 Å². The minimum absolute atomic E-state index is 0.115. The number of nitrogens with zero attached hydrogens (tertiary/aromatic N) is 3. The van der Waals surface area contributed by atoms with Crippen molar-refractivity contribution in [2.24, 2.45) is 10.7 Å². The molecule has 0 saturated carbocycles. The fourth-order valence-electron chi connectivity index (χ4n) is 4.45. The molecule has 4 heteroatoms. The first-order valence-electron chi connectivity index (χ1n) is 7.57. The van der Waals surface area contributed by atoms with Gasteiger partial charge in [-0.25, -0.2) is 0 Å². The molecule has 0 aliphatic carbocycles. The number of benzene rings is 1. The number of rotatable bonds is 1. The number of para-hydroxylation sites is 1. The third-order valence-electron chi connectivity index (χ3n) is 5.47. The first-order chi connectivity index (χ1) is 9.70. The molecule has 1 aromatic rings. The monoisotopic (exact) mass is 270 g/mol. The lowest BCUT2D eigenvalue weighted by Crippen LogP contribution is -2.60. The van der Waals surface area contributed by atoms with E-state index in [-0.39, 0.29) is 5.54 Å². The van der Waals surface area contributed by atoms with Crippen molar-refractivity contribution in [1.29, 1.82) is 0 Å². The lowest BCUT2D eigenvalue weighted by Gasteiger charge is -2.48. The lowest BCUT2D eigenvalue weighted by molar-refractivity contribution is 0.122. The number of hydrogen-bond acceptors (Lipinski definition) is 4. The Balaban J connectivity index is 1.72. The number of fused-ring (bicyclic) bond motifs is 2. The zero-order valence-corrected chi connectivity index (χ0v) is 12.0. The molecule has 4 nitrogen and oxygen atoms in total. The topological polar surface area (TPSA) is 44.9 Å². The zero-order valence-electron chi connectivity index (χ0n) is 12.0. The Kier molecular flexibility index (Phi) is 2.58. The highest BCUT2D eigenvalue weighted by Crippen LogP contribution is 2.45. The second kappa shape index (κ2) is 4.22. The van der Waals surface area contributed by atoms with Gasteiger partial charge in [0.25, 0.3) is 0 Å². The molecular formula is C16H22N4. The standard InChI is InChI=1S/C16H22N4/c1-19-13-7-8-14(19)10-16(9-13)11-18-15(17)20(16)12-5-3-2-4-6-12/h2-6,13-14H,7-11H2,1H3,(H2,17,18). The molecule has 2 unspecified atom stereocenters. The highest BCUT2D eigenvalue weighted by molar-refractivity contribution is 5.98. The molecule has 0 radical (unpaired) electrons. The van der Waals surface area contributed by atoms with E-state index in [2.05, 4.69) is 52.2 Å². The Morgan fingerprint density at radius 2 is 1.80 bits per heavy atom. The summed E-state index contributed by atoms with van der Waals surface area (Å²) in [5, 5.41) is 0. The minimum atomic E-state index is 0.115. The summed E-state index contributed by atoms with van der Waals surface area (Å²) in [5.41, 5.74) is 7.53. The summed E-state index contributed by atoms with van der Waals surface area (Å²) in [6.45, 7) is 0.856. The summed E-state index contributed by atoms with van der Waals surface area (Å²) < 4.78 is 0. The Labute approximate surface area is 120 Å². The van der Waals surface area contributed by atoms with Gasteiger partial charge in [0.05, 0.1) is 12.1 Å². The molecule has 1 spiro atoms. The van der Waals surface area contributed by atoms with Crippen LogP contribution in [-0.4, -0.2) is 42.1 Å². The van der Waals surface area contributed by atoms with Crippen molar-refractivity contribution >= 4 is 11.6 Å². The van der Waals surface area contributed by atoms with Crippen molar-refractivity contribution in [3.8, 4) is 0 Å². The van der Waals surface area contributed by atoms with Crippen LogP contribution < -0.4 is 10.6 Å². The van der Waals surface area contributed by atoms with Crippen molar-refractivity contribution in [3.05, 3.63) is 30.3 Å². The van der Waals surface area contributed by atoms with Crippen molar-refractivity contribution < 1.29 is 0 Å². The van der Waals surface area contributed by atoms with Crippen LogP contribution in [0.5, 0.6) is 0 Å². The molecular weight excluding hydrogens is 248 g/mol. The van der Waals surface area contributed by atoms with Gasteiger partial charge in [-0.3, -0.25) is 4.99 Å². The smallest absolute Gasteiger partial charge is 0.196 e. The van der Waals surface area contributed by atoms with Gasteiger partial charge in [-0.2, -0.15) is 0 Å². The Morgan fingerprint density at radius 3 is 2.45 bits per heavy atom. The summed E-state index contributed by atoms with van der Waals surface area (Å²) in [6.07, 6.45) is 5.01. The predicted octanol–water partition coefficient (Wildman–Crippen LogP) is 1.82. The number of guanidine groups is 1. The molecule has 1 aromatic carbocycles. The summed E-state index contributed by atoms with van der Waals surface area (Å²) in [7, 11) is 2.28. The summed E-state index contributed by atoms with van der Waals surface area (Å²) in [6, 6.07) is 11.9. The van der Waals surface area contributed by atoms with Crippen LogP contribution in [0.1, 0.15) is 25.7 Å². The third kappa shape index (κ3) is 1.61. The average Bonchev–Trinajstić information content (AvgIpc) is 2.86. The molecule has 2 atom stereocenters. The van der Waals surface area contributed by atoms with Gasteiger partial charge in [-0.15, -0.1) is 0 Å². The van der Waals surface area contributed by atoms with Gasteiger partial charge in [-0.05, 0) is 44.9 Å². The fourth-order valence-corrected chi connectivity index (χ4v) is 4.45.